The van der Waals surface area contributed by atoms with Crippen LogP contribution in [0.5, 0.6) is 0 Å². The molecule has 45 heavy (non-hydrogen) atoms. The van der Waals surface area contributed by atoms with E-state index in [1.807, 2.05) is 41.0 Å². The predicted octanol–water partition coefficient (Wildman–Crippen LogP) is 7.74. The van der Waals surface area contributed by atoms with Gasteiger partial charge in [-0.2, -0.15) is 26.3 Å². The van der Waals surface area contributed by atoms with Crippen molar-refractivity contribution in [3.05, 3.63) is 71.3 Å². The molecule has 5 nitrogen and oxygen atoms in total. The number of carbonyl (C=O) groups is 1. The Bertz CT molecular complexity index is 1280. The molecule has 2 aliphatic carbocycles. The van der Waals surface area contributed by atoms with E-state index in [4.69, 9.17) is 9.47 Å². The van der Waals surface area contributed by atoms with Gasteiger partial charge in [0, 0.05) is 19.7 Å². The van der Waals surface area contributed by atoms with Gasteiger partial charge in [0.05, 0.1) is 48.1 Å². The molecule has 2 saturated carbocycles. The molecular formula is C34H42F6N2O3. The number of benzene rings is 1. The fourth-order valence-electron chi connectivity index (χ4n) is 6.50. The smallest absolute Gasteiger partial charge is 0.379 e. The van der Waals surface area contributed by atoms with E-state index in [0.717, 1.165) is 25.7 Å². The molecule has 11 heteroatoms. The molecule has 1 aromatic carbocycles. The van der Waals surface area contributed by atoms with Gasteiger partial charge in [-0.25, -0.2) is 0 Å². The normalized spacial score (nSPS) is 28.3. The molecule has 0 spiro atoms. The monoisotopic (exact) mass is 640 g/mol. The predicted molar refractivity (Wildman–Crippen MR) is 158 cm³/mol. The zero-order chi connectivity index (χ0) is 32.6. The van der Waals surface area contributed by atoms with Gasteiger partial charge in [-0.1, -0.05) is 30.9 Å². The molecule has 0 aromatic heterocycles. The van der Waals surface area contributed by atoms with E-state index >= 15 is 0 Å². The topological polar surface area (TPSA) is 42.0 Å². The fraction of sp³-hybridized carbons (Fsp3) is 0.618. The van der Waals surface area contributed by atoms with E-state index in [2.05, 4.69) is 6.58 Å². The molecule has 4 atom stereocenters. The minimum Gasteiger partial charge on any atom is -0.379 e. The average Bonchev–Trinajstić information content (AvgIpc) is 3.90. The second-order valence-electron chi connectivity index (χ2n) is 13.2. The van der Waals surface area contributed by atoms with Crippen molar-refractivity contribution in [3.63, 3.8) is 0 Å². The Balaban J connectivity index is 1.43. The average molecular weight is 641 g/mol. The van der Waals surface area contributed by atoms with Crippen LogP contribution >= 0.6 is 0 Å². The molecule has 4 aliphatic rings. The fourth-order valence-corrected chi connectivity index (χ4v) is 6.50. The van der Waals surface area contributed by atoms with Gasteiger partial charge in [0.1, 0.15) is 0 Å². The van der Waals surface area contributed by atoms with Crippen LogP contribution in [-0.2, 0) is 26.6 Å². The second-order valence-corrected chi connectivity index (χ2v) is 13.2. The van der Waals surface area contributed by atoms with Crippen molar-refractivity contribution in [1.29, 1.82) is 0 Å². The van der Waals surface area contributed by atoms with Gasteiger partial charge in [-0.3, -0.25) is 9.69 Å². The number of ether oxygens (including phenoxy) is 2. The number of amides is 1. The third-order valence-corrected chi connectivity index (χ3v) is 9.70. The van der Waals surface area contributed by atoms with Gasteiger partial charge in [0.15, 0.2) is 0 Å². The molecule has 2 heterocycles. The summed E-state index contributed by atoms with van der Waals surface area (Å²) >= 11 is 0. The van der Waals surface area contributed by atoms with Crippen LogP contribution < -0.4 is 0 Å². The molecule has 5 rings (SSSR count). The van der Waals surface area contributed by atoms with Gasteiger partial charge < -0.3 is 14.4 Å². The summed E-state index contributed by atoms with van der Waals surface area (Å²) in [5.74, 6) is 1.04. The molecule has 2 aliphatic heterocycles. The number of halogens is 6. The van der Waals surface area contributed by atoms with Gasteiger partial charge in [-0.15, -0.1) is 0 Å². The number of fused-ring (bicyclic) bond motifs is 2. The number of piperidine rings is 1. The molecule has 0 radical (unpaired) electrons. The van der Waals surface area contributed by atoms with Crippen molar-refractivity contribution in [2.75, 3.05) is 39.5 Å². The first-order chi connectivity index (χ1) is 21.2. The van der Waals surface area contributed by atoms with E-state index < -0.39 is 40.7 Å². The van der Waals surface area contributed by atoms with Crippen LogP contribution in [0.25, 0.3) is 0 Å². The van der Waals surface area contributed by atoms with E-state index in [1.54, 1.807) is 0 Å². The lowest BCUT2D eigenvalue weighted by molar-refractivity contribution is -0.172. The van der Waals surface area contributed by atoms with Crippen LogP contribution in [0.2, 0.25) is 0 Å². The maximum Gasteiger partial charge on any atom is 0.416 e. The van der Waals surface area contributed by atoms with Crippen LogP contribution in [0, 0.1) is 11.8 Å². The molecule has 4 fully saturated rings. The molecule has 1 aromatic rings. The number of piperazine rings is 1. The van der Waals surface area contributed by atoms with Gasteiger partial charge in [0.2, 0.25) is 5.91 Å². The molecule has 0 N–H and O–H groups in total. The van der Waals surface area contributed by atoms with Crippen LogP contribution in [0.4, 0.5) is 26.3 Å². The molecule has 2 bridgehead atoms. The highest BCUT2D eigenvalue weighted by atomic mass is 19.4. The van der Waals surface area contributed by atoms with Crippen LogP contribution in [-0.4, -0.2) is 66.2 Å². The third kappa shape index (κ3) is 7.68. The number of hydrogen-bond acceptors (Lipinski definition) is 4. The largest absolute Gasteiger partial charge is 0.416 e. The number of alkyl halides is 6. The Labute approximate surface area is 260 Å². The van der Waals surface area contributed by atoms with E-state index in [0.29, 0.717) is 68.7 Å². The van der Waals surface area contributed by atoms with E-state index in [9.17, 15) is 31.1 Å². The van der Waals surface area contributed by atoms with Gasteiger partial charge in [0.25, 0.3) is 0 Å². The highest BCUT2D eigenvalue weighted by Gasteiger charge is 2.57. The Morgan fingerprint density at radius 2 is 1.64 bits per heavy atom. The quantitative estimate of drug-likeness (QED) is 0.163. The van der Waals surface area contributed by atoms with Gasteiger partial charge in [-0.05, 0) is 93.5 Å². The lowest BCUT2D eigenvalue weighted by Gasteiger charge is -2.60. The summed E-state index contributed by atoms with van der Waals surface area (Å²) in [6.07, 6.45) is 1.94. The number of hydrogen-bond donors (Lipinski definition) is 0. The second kappa shape index (κ2) is 12.9. The first-order valence-corrected chi connectivity index (χ1v) is 15.7. The number of rotatable bonds is 13. The zero-order valence-corrected chi connectivity index (χ0v) is 25.9. The molecule has 248 valence electrons. The lowest BCUT2D eigenvalue weighted by Crippen LogP contribution is -2.75. The van der Waals surface area contributed by atoms with Gasteiger partial charge >= 0.3 is 12.4 Å². The van der Waals surface area contributed by atoms with Crippen molar-refractivity contribution < 1.29 is 40.6 Å². The Hall–Kier alpha value is -2.63. The Morgan fingerprint density at radius 1 is 1.00 bits per heavy atom. The van der Waals surface area contributed by atoms with Crippen LogP contribution in [0.15, 0.2) is 54.7 Å². The van der Waals surface area contributed by atoms with E-state index in [-0.39, 0.29) is 30.7 Å². The summed E-state index contributed by atoms with van der Waals surface area (Å²) in [6, 6.07) is 1.53. The van der Waals surface area contributed by atoms with Crippen molar-refractivity contribution in [2.45, 2.75) is 81.9 Å². The zero-order valence-electron chi connectivity index (χ0n) is 25.9. The first-order valence-electron chi connectivity index (χ1n) is 15.7. The first kappa shape index (κ1) is 33.7. The highest BCUT2D eigenvalue weighted by molar-refractivity contribution is 5.81. The van der Waals surface area contributed by atoms with E-state index in [1.165, 1.54) is 6.92 Å². The summed E-state index contributed by atoms with van der Waals surface area (Å²) in [5, 5.41) is 0. The van der Waals surface area contributed by atoms with Crippen molar-refractivity contribution in [1.82, 2.24) is 9.80 Å². The third-order valence-electron chi connectivity index (χ3n) is 9.70. The SMILES string of the molecule is C=C(/C=C\C=C/C)[C@]1(CO[C@H](C)c2cc(C(F)(F)F)cc(C(F)(F)F)c2)CC[C@]2(COCC3CC3)CN1CC(=O)N2CC1CC1. The minimum atomic E-state index is -4.96. The summed E-state index contributed by atoms with van der Waals surface area (Å²) in [6.45, 7) is 9.96. The summed E-state index contributed by atoms with van der Waals surface area (Å²) in [4.78, 5) is 17.9. The van der Waals surface area contributed by atoms with Crippen molar-refractivity contribution >= 4 is 5.91 Å². The molecule has 1 amide bonds. The summed E-state index contributed by atoms with van der Waals surface area (Å²) in [5.41, 5.74) is -3.78. The molecule has 2 saturated heterocycles. The Morgan fingerprint density at radius 3 is 2.22 bits per heavy atom. The highest BCUT2D eigenvalue weighted by Crippen LogP contribution is 2.46. The number of allylic oxidation sites excluding steroid dienone is 3. The lowest BCUT2D eigenvalue weighted by atomic mass is 9.72. The summed E-state index contributed by atoms with van der Waals surface area (Å²) < 4.78 is 93.8. The van der Waals surface area contributed by atoms with Crippen molar-refractivity contribution in [3.8, 4) is 0 Å². The standard InChI is InChI=1S/C34H42F6N2O3/c1-4-5-6-7-23(2)32(22-45-24(3)27-14-28(33(35,36)37)16-29(15-27)34(38,39)40)13-12-31(21-44-19-26-10-11-26)20-41(32)18-30(43)42(31)17-25-8-9-25/h4-7,14-16,24-26H,2,8-13,17-22H2,1,3H3/b5-4-,7-6-/t24-,31-,32-/m1/s1. The van der Waals surface area contributed by atoms with Crippen LogP contribution in [0.3, 0.4) is 0 Å². The van der Waals surface area contributed by atoms with Crippen molar-refractivity contribution in [2.24, 2.45) is 11.8 Å². The maximum absolute atomic E-state index is 13.8. The Kier molecular flexibility index (Phi) is 9.65. The molecule has 1 unspecified atom stereocenters. The number of carbonyl (C=O) groups excluding carboxylic acids is 1. The summed E-state index contributed by atoms with van der Waals surface area (Å²) in [7, 11) is 0. The number of nitrogens with zero attached hydrogens (tertiary/aromatic N) is 2. The minimum absolute atomic E-state index is 0.0155. The maximum atomic E-state index is 13.8. The molecular weight excluding hydrogens is 598 g/mol. The van der Waals surface area contributed by atoms with Crippen LogP contribution in [0.1, 0.15) is 75.2 Å².